The van der Waals surface area contributed by atoms with Crippen LogP contribution in [0.25, 0.3) is 0 Å². The monoisotopic (exact) mass is 476 g/mol. The molecule has 0 saturated carbocycles. The van der Waals surface area contributed by atoms with E-state index >= 15 is 4.39 Å². The summed E-state index contributed by atoms with van der Waals surface area (Å²) in [7, 11) is 0. The molecule has 1 unspecified atom stereocenters. The number of hydrogen-bond acceptors (Lipinski definition) is 3. The first-order chi connectivity index (χ1) is 16.6. The van der Waals surface area contributed by atoms with Gasteiger partial charge in [-0.3, -0.25) is 9.69 Å². The molecule has 3 nitrogen and oxygen atoms in total. The first-order valence-corrected chi connectivity index (χ1v) is 13.4. The molecule has 5 rings (SSSR count). The first-order valence-electron chi connectivity index (χ1n) is 12.5. The van der Waals surface area contributed by atoms with E-state index in [1.54, 1.807) is 30.4 Å². The minimum atomic E-state index is -0.168. The summed E-state index contributed by atoms with van der Waals surface area (Å²) in [4.78, 5) is 15.9. The minimum Gasteiger partial charge on any atom is -0.318 e. The van der Waals surface area contributed by atoms with Gasteiger partial charge in [-0.2, -0.15) is 0 Å². The summed E-state index contributed by atoms with van der Waals surface area (Å²) >= 11 is 1.70. The molecule has 2 aromatic carbocycles. The van der Waals surface area contributed by atoms with Crippen LogP contribution in [0.3, 0.4) is 0 Å². The van der Waals surface area contributed by atoms with Gasteiger partial charge in [0.1, 0.15) is 10.8 Å². The maximum absolute atomic E-state index is 15.3. The van der Waals surface area contributed by atoms with Crippen molar-refractivity contribution in [2.75, 3.05) is 18.4 Å². The highest BCUT2D eigenvalue weighted by molar-refractivity contribution is 7.16. The summed E-state index contributed by atoms with van der Waals surface area (Å²) in [5.41, 5.74) is 4.61. The fourth-order valence-corrected chi connectivity index (χ4v) is 7.09. The molecule has 178 valence electrons. The topological polar surface area (TPSA) is 32.3 Å². The molecule has 1 fully saturated rings. The summed E-state index contributed by atoms with van der Waals surface area (Å²) in [5, 5.41) is 4.03. The van der Waals surface area contributed by atoms with Gasteiger partial charge in [0.2, 0.25) is 5.91 Å². The third-order valence-electron chi connectivity index (χ3n) is 7.36. The standard InChI is InChI=1S/C29H33FN2OS/c1-20(33)31-29-27(24-12-6-8-14-26(24)34-29)28(23-11-5-7-13-25(23)30)32-17-15-22(16-18-32)19-21-9-3-2-4-10-21/h2-5,7,9-11,13,22,28H,6,8,12,14-19H2,1H3,(H,31,33). The van der Waals surface area contributed by atoms with Gasteiger partial charge in [-0.1, -0.05) is 48.5 Å². The SMILES string of the molecule is CC(=O)Nc1sc2c(c1C(c1ccccc1F)N1CCC(Cc3ccccc3)CC1)CCCC2. The Balaban J connectivity index is 1.48. The van der Waals surface area contributed by atoms with Gasteiger partial charge in [-0.15, -0.1) is 11.3 Å². The third-order valence-corrected chi connectivity index (χ3v) is 8.58. The Morgan fingerprint density at radius 3 is 2.50 bits per heavy atom. The normalized spacial score (nSPS) is 17.8. The van der Waals surface area contributed by atoms with Crippen molar-refractivity contribution in [2.24, 2.45) is 5.92 Å². The lowest BCUT2D eigenvalue weighted by atomic mass is 9.85. The van der Waals surface area contributed by atoms with Crippen molar-refractivity contribution in [2.45, 2.75) is 57.9 Å². The average molecular weight is 477 g/mol. The van der Waals surface area contributed by atoms with Crippen LogP contribution in [0.4, 0.5) is 9.39 Å². The number of rotatable bonds is 6. The zero-order chi connectivity index (χ0) is 23.5. The Morgan fingerprint density at radius 2 is 1.76 bits per heavy atom. The van der Waals surface area contributed by atoms with Crippen molar-refractivity contribution in [3.05, 3.63) is 87.5 Å². The van der Waals surface area contributed by atoms with Crippen molar-refractivity contribution in [1.82, 2.24) is 4.90 Å². The van der Waals surface area contributed by atoms with Gasteiger partial charge in [0.15, 0.2) is 0 Å². The number of halogens is 1. The number of carbonyl (C=O) groups is 1. The second-order valence-corrected chi connectivity index (χ2v) is 10.8. The molecule has 0 radical (unpaired) electrons. The van der Waals surface area contributed by atoms with E-state index in [9.17, 15) is 4.79 Å². The maximum Gasteiger partial charge on any atom is 0.221 e. The summed E-state index contributed by atoms with van der Waals surface area (Å²) in [6, 6.07) is 17.8. The number of fused-ring (bicyclic) bond motifs is 1. The number of carbonyl (C=O) groups excluding carboxylic acids is 1. The van der Waals surface area contributed by atoms with Gasteiger partial charge in [0.05, 0.1) is 6.04 Å². The van der Waals surface area contributed by atoms with Crippen LogP contribution in [0.1, 0.15) is 65.8 Å². The lowest BCUT2D eigenvalue weighted by Crippen LogP contribution is -2.38. The summed E-state index contributed by atoms with van der Waals surface area (Å²) in [6.45, 7) is 3.43. The maximum atomic E-state index is 15.3. The fraction of sp³-hybridized carbons (Fsp3) is 0.414. The van der Waals surface area contributed by atoms with Crippen LogP contribution in [0, 0.1) is 11.7 Å². The molecule has 1 saturated heterocycles. The van der Waals surface area contributed by atoms with Gasteiger partial charge < -0.3 is 5.32 Å². The molecule has 1 amide bonds. The van der Waals surface area contributed by atoms with Gasteiger partial charge in [0, 0.05) is 22.9 Å². The van der Waals surface area contributed by atoms with Crippen LogP contribution >= 0.6 is 11.3 Å². The van der Waals surface area contributed by atoms with Crippen molar-refractivity contribution < 1.29 is 9.18 Å². The zero-order valence-corrected chi connectivity index (χ0v) is 20.7. The number of likely N-dealkylation sites (tertiary alicyclic amines) is 1. The van der Waals surface area contributed by atoms with Crippen molar-refractivity contribution in [3.63, 3.8) is 0 Å². The molecule has 1 aliphatic carbocycles. The number of nitrogens with zero attached hydrogens (tertiary/aromatic N) is 1. The second kappa shape index (κ2) is 10.4. The van der Waals surface area contributed by atoms with Crippen molar-refractivity contribution in [1.29, 1.82) is 0 Å². The first kappa shape index (κ1) is 23.3. The summed E-state index contributed by atoms with van der Waals surface area (Å²) in [6.07, 6.45) is 7.69. The van der Waals surface area contributed by atoms with Crippen LogP contribution in [0.5, 0.6) is 0 Å². The van der Waals surface area contributed by atoms with Crippen LogP contribution in [0.2, 0.25) is 0 Å². The molecule has 1 atom stereocenters. The van der Waals surface area contributed by atoms with Gasteiger partial charge in [-0.05, 0) is 81.1 Å². The van der Waals surface area contributed by atoms with E-state index < -0.39 is 0 Å². The van der Waals surface area contributed by atoms with Crippen LogP contribution in [-0.4, -0.2) is 23.9 Å². The number of aryl methyl sites for hydroxylation is 1. The Bertz CT molecular complexity index is 1130. The number of amides is 1. The molecule has 3 aromatic rings. The van der Waals surface area contributed by atoms with E-state index in [-0.39, 0.29) is 17.8 Å². The molecule has 34 heavy (non-hydrogen) atoms. The number of anilines is 1. The molecule has 1 aliphatic heterocycles. The quantitative estimate of drug-likeness (QED) is 0.426. The number of hydrogen-bond donors (Lipinski definition) is 1. The van der Waals surface area contributed by atoms with Gasteiger partial charge >= 0.3 is 0 Å². The Hall–Kier alpha value is -2.50. The van der Waals surface area contributed by atoms with Gasteiger partial charge in [0.25, 0.3) is 0 Å². The molecule has 2 aliphatic rings. The van der Waals surface area contributed by atoms with E-state index in [1.165, 1.54) is 22.4 Å². The number of thiophene rings is 1. The largest absolute Gasteiger partial charge is 0.318 e. The Labute approximate surface area is 206 Å². The summed E-state index contributed by atoms with van der Waals surface area (Å²) in [5.74, 6) is 0.420. The number of nitrogens with one attached hydrogen (secondary N) is 1. The lowest BCUT2D eigenvalue weighted by molar-refractivity contribution is -0.114. The van der Waals surface area contributed by atoms with Crippen LogP contribution in [-0.2, 0) is 24.1 Å². The summed E-state index contributed by atoms with van der Waals surface area (Å²) < 4.78 is 15.3. The van der Waals surface area contributed by atoms with E-state index in [1.807, 2.05) is 12.1 Å². The third kappa shape index (κ3) is 4.96. The second-order valence-electron chi connectivity index (χ2n) is 9.73. The fourth-order valence-electron chi connectivity index (χ4n) is 5.73. The molecular weight excluding hydrogens is 443 g/mol. The number of piperidine rings is 1. The van der Waals surface area contributed by atoms with E-state index in [0.717, 1.165) is 67.7 Å². The minimum absolute atomic E-state index is 0.0614. The Morgan fingerprint density at radius 1 is 1.06 bits per heavy atom. The predicted octanol–water partition coefficient (Wildman–Crippen LogP) is 6.77. The highest BCUT2D eigenvalue weighted by atomic mass is 32.1. The van der Waals surface area contributed by atoms with Crippen molar-refractivity contribution in [3.8, 4) is 0 Å². The average Bonchev–Trinajstić information content (AvgIpc) is 3.19. The molecule has 1 N–H and O–H groups in total. The smallest absolute Gasteiger partial charge is 0.221 e. The van der Waals surface area contributed by atoms with Crippen molar-refractivity contribution >= 4 is 22.2 Å². The molecule has 0 bridgehead atoms. The molecule has 5 heteroatoms. The molecule has 1 aromatic heterocycles. The highest BCUT2D eigenvalue weighted by Crippen LogP contribution is 2.46. The van der Waals surface area contributed by atoms with E-state index in [2.05, 4.69) is 40.5 Å². The van der Waals surface area contributed by atoms with Crippen LogP contribution in [0.15, 0.2) is 54.6 Å². The van der Waals surface area contributed by atoms with E-state index in [4.69, 9.17) is 0 Å². The van der Waals surface area contributed by atoms with E-state index in [0.29, 0.717) is 5.92 Å². The molecular formula is C29H33FN2OS. The number of benzene rings is 2. The highest BCUT2D eigenvalue weighted by Gasteiger charge is 2.35. The molecule has 0 spiro atoms. The zero-order valence-electron chi connectivity index (χ0n) is 19.9. The Kier molecular flexibility index (Phi) is 7.12. The van der Waals surface area contributed by atoms with Gasteiger partial charge in [-0.25, -0.2) is 4.39 Å². The van der Waals surface area contributed by atoms with Crippen LogP contribution < -0.4 is 5.32 Å². The molecule has 2 heterocycles. The predicted molar refractivity (Wildman–Crippen MR) is 138 cm³/mol. The lowest BCUT2D eigenvalue weighted by Gasteiger charge is -2.39.